The third kappa shape index (κ3) is 3.95. The topological polar surface area (TPSA) is 69.7 Å². The molecule has 0 atom stereocenters. The number of piperazine rings is 1. The maximum absolute atomic E-state index is 12.0. The van der Waals surface area contributed by atoms with E-state index in [1.807, 2.05) is 0 Å². The Kier molecular flexibility index (Phi) is 4.80. The van der Waals surface area contributed by atoms with Crippen molar-refractivity contribution in [3.8, 4) is 0 Å². The standard InChI is InChI=1S/C14H16ClN3O3/c1-10(19)17-6-8-18(9-7-17)14(21)13(20)16-12-4-2-11(15)3-5-12/h2-5H,6-9H2,1H3,(H,16,20). The van der Waals surface area contributed by atoms with Gasteiger partial charge in [-0.25, -0.2) is 0 Å². The van der Waals surface area contributed by atoms with E-state index >= 15 is 0 Å². The summed E-state index contributed by atoms with van der Waals surface area (Å²) >= 11 is 5.75. The van der Waals surface area contributed by atoms with Crippen LogP contribution in [0, 0.1) is 0 Å². The van der Waals surface area contributed by atoms with E-state index in [1.54, 1.807) is 29.2 Å². The minimum atomic E-state index is -0.686. The van der Waals surface area contributed by atoms with Crippen molar-refractivity contribution in [2.45, 2.75) is 6.92 Å². The molecule has 1 aliphatic heterocycles. The van der Waals surface area contributed by atoms with Gasteiger partial charge in [0.05, 0.1) is 0 Å². The number of halogens is 1. The number of benzene rings is 1. The molecule has 1 aromatic carbocycles. The number of nitrogens with one attached hydrogen (secondary N) is 1. The van der Waals surface area contributed by atoms with Crippen molar-refractivity contribution < 1.29 is 14.4 Å². The van der Waals surface area contributed by atoms with Gasteiger partial charge < -0.3 is 15.1 Å². The Hall–Kier alpha value is -2.08. The number of rotatable bonds is 1. The van der Waals surface area contributed by atoms with E-state index in [0.29, 0.717) is 36.9 Å². The van der Waals surface area contributed by atoms with Crippen molar-refractivity contribution in [1.29, 1.82) is 0 Å². The second-order valence-electron chi connectivity index (χ2n) is 4.76. The molecule has 112 valence electrons. The van der Waals surface area contributed by atoms with Crippen LogP contribution in [0.5, 0.6) is 0 Å². The van der Waals surface area contributed by atoms with Crippen molar-refractivity contribution in [2.75, 3.05) is 31.5 Å². The number of nitrogens with zero attached hydrogens (tertiary/aromatic N) is 2. The summed E-state index contributed by atoms with van der Waals surface area (Å²) in [4.78, 5) is 38.2. The highest BCUT2D eigenvalue weighted by Gasteiger charge is 2.26. The summed E-state index contributed by atoms with van der Waals surface area (Å²) < 4.78 is 0. The van der Waals surface area contributed by atoms with Gasteiger partial charge in [0.2, 0.25) is 5.91 Å². The van der Waals surface area contributed by atoms with Gasteiger partial charge in [-0.1, -0.05) is 11.6 Å². The molecule has 0 spiro atoms. The minimum absolute atomic E-state index is 0.0206. The lowest BCUT2D eigenvalue weighted by molar-refractivity contribution is -0.145. The van der Waals surface area contributed by atoms with E-state index < -0.39 is 11.8 Å². The average Bonchev–Trinajstić information content (AvgIpc) is 2.49. The van der Waals surface area contributed by atoms with Crippen LogP contribution in [0.2, 0.25) is 5.02 Å². The highest BCUT2D eigenvalue weighted by atomic mass is 35.5. The largest absolute Gasteiger partial charge is 0.339 e. The van der Waals surface area contributed by atoms with Gasteiger partial charge in [0.25, 0.3) is 0 Å². The zero-order chi connectivity index (χ0) is 15.4. The molecule has 0 aromatic heterocycles. The molecule has 1 fully saturated rings. The molecule has 0 bridgehead atoms. The van der Waals surface area contributed by atoms with Crippen LogP contribution >= 0.6 is 11.6 Å². The van der Waals surface area contributed by atoms with Gasteiger partial charge in [-0.3, -0.25) is 14.4 Å². The zero-order valence-corrected chi connectivity index (χ0v) is 12.4. The molecule has 1 heterocycles. The molecule has 3 amide bonds. The van der Waals surface area contributed by atoms with E-state index in [1.165, 1.54) is 11.8 Å². The summed E-state index contributed by atoms with van der Waals surface area (Å²) in [7, 11) is 0. The van der Waals surface area contributed by atoms with Crippen molar-refractivity contribution >= 4 is 35.0 Å². The molecule has 0 saturated carbocycles. The SMILES string of the molecule is CC(=O)N1CCN(C(=O)C(=O)Nc2ccc(Cl)cc2)CC1. The first-order valence-corrected chi connectivity index (χ1v) is 6.96. The zero-order valence-electron chi connectivity index (χ0n) is 11.6. The quantitative estimate of drug-likeness (QED) is 0.786. The molecule has 2 rings (SSSR count). The van der Waals surface area contributed by atoms with Gasteiger partial charge in [0.1, 0.15) is 0 Å². The Morgan fingerprint density at radius 3 is 2.05 bits per heavy atom. The first-order chi connectivity index (χ1) is 9.97. The third-order valence-electron chi connectivity index (χ3n) is 3.31. The summed E-state index contributed by atoms with van der Waals surface area (Å²) in [6.07, 6.45) is 0. The Balaban J connectivity index is 1.90. The van der Waals surface area contributed by atoms with Crippen LogP contribution in [0.15, 0.2) is 24.3 Å². The number of carbonyl (C=O) groups excluding carboxylic acids is 3. The maximum Gasteiger partial charge on any atom is 0.313 e. The third-order valence-corrected chi connectivity index (χ3v) is 3.56. The monoisotopic (exact) mass is 309 g/mol. The molecule has 6 nitrogen and oxygen atoms in total. The molecule has 0 aliphatic carbocycles. The van der Waals surface area contributed by atoms with Crippen LogP contribution in [-0.2, 0) is 14.4 Å². The number of hydrogen-bond donors (Lipinski definition) is 1. The van der Waals surface area contributed by atoms with Crippen LogP contribution in [0.1, 0.15) is 6.92 Å². The highest BCUT2D eigenvalue weighted by molar-refractivity contribution is 6.39. The molecular formula is C14H16ClN3O3. The lowest BCUT2D eigenvalue weighted by Crippen LogP contribution is -2.52. The molecule has 1 aromatic rings. The van der Waals surface area contributed by atoms with Crippen LogP contribution < -0.4 is 5.32 Å². The molecule has 0 radical (unpaired) electrons. The second kappa shape index (κ2) is 6.58. The van der Waals surface area contributed by atoms with Crippen LogP contribution in [0.4, 0.5) is 5.69 Å². The van der Waals surface area contributed by atoms with Crippen LogP contribution in [0.25, 0.3) is 0 Å². The lowest BCUT2D eigenvalue weighted by Gasteiger charge is -2.33. The maximum atomic E-state index is 12.0. The van der Waals surface area contributed by atoms with E-state index in [0.717, 1.165) is 0 Å². The van der Waals surface area contributed by atoms with Gasteiger partial charge >= 0.3 is 11.8 Å². The van der Waals surface area contributed by atoms with E-state index in [2.05, 4.69) is 5.32 Å². The molecule has 1 N–H and O–H groups in total. The molecule has 7 heteroatoms. The van der Waals surface area contributed by atoms with Crippen molar-refractivity contribution in [3.63, 3.8) is 0 Å². The highest BCUT2D eigenvalue weighted by Crippen LogP contribution is 2.13. The van der Waals surface area contributed by atoms with Gasteiger partial charge in [-0.15, -0.1) is 0 Å². The first-order valence-electron chi connectivity index (χ1n) is 6.58. The van der Waals surface area contributed by atoms with Gasteiger partial charge in [-0.2, -0.15) is 0 Å². The van der Waals surface area contributed by atoms with E-state index in [9.17, 15) is 14.4 Å². The molecular weight excluding hydrogens is 294 g/mol. The molecule has 1 saturated heterocycles. The fraction of sp³-hybridized carbons (Fsp3) is 0.357. The minimum Gasteiger partial charge on any atom is -0.339 e. The Morgan fingerprint density at radius 1 is 1.00 bits per heavy atom. The van der Waals surface area contributed by atoms with Crippen LogP contribution in [-0.4, -0.2) is 53.7 Å². The first kappa shape index (κ1) is 15.3. The Bertz CT molecular complexity index is 551. The lowest BCUT2D eigenvalue weighted by atomic mass is 10.3. The van der Waals surface area contributed by atoms with Gasteiger partial charge in [0, 0.05) is 43.8 Å². The fourth-order valence-electron chi connectivity index (χ4n) is 2.09. The van der Waals surface area contributed by atoms with Crippen molar-refractivity contribution in [2.24, 2.45) is 0 Å². The summed E-state index contributed by atoms with van der Waals surface area (Å²) in [5.41, 5.74) is 0.514. The van der Waals surface area contributed by atoms with Crippen LogP contribution in [0.3, 0.4) is 0 Å². The van der Waals surface area contributed by atoms with Crippen molar-refractivity contribution in [3.05, 3.63) is 29.3 Å². The van der Waals surface area contributed by atoms with Crippen molar-refractivity contribution in [1.82, 2.24) is 9.80 Å². The fourth-order valence-corrected chi connectivity index (χ4v) is 2.21. The average molecular weight is 310 g/mol. The van der Waals surface area contributed by atoms with Gasteiger partial charge in [-0.05, 0) is 24.3 Å². The predicted octanol–water partition coefficient (Wildman–Crippen LogP) is 0.969. The number of carbonyl (C=O) groups is 3. The molecule has 21 heavy (non-hydrogen) atoms. The second-order valence-corrected chi connectivity index (χ2v) is 5.20. The van der Waals surface area contributed by atoms with E-state index in [4.69, 9.17) is 11.6 Å². The molecule has 0 unspecified atom stereocenters. The molecule has 1 aliphatic rings. The van der Waals surface area contributed by atoms with E-state index in [-0.39, 0.29) is 5.91 Å². The number of hydrogen-bond acceptors (Lipinski definition) is 3. The summed E-state index contributed by atoms with van der Waals surface area (Å²) in [6, 6.07) is 6.52. The number of amides is 3. The summed E-state index contributed by atoms with van der Waals surface area (Å²) in [5.74, 6) is -1.30. The Labute approximate surface area is 127 Å². The normalized spacial score (nSPS) is 14.8. The summed E-state index contributed by atoms with van der Waals surface area (Å²) in [5, 5.41) is 3.09. The Morgan fingerprint density at radius 2 is 1.52 bits per heavy atom. The van der Waals surface area contributed by atoms with Gasteiger partial charge in [0.15, 0.2) is 0 Å². The predicted molar refractivity (Wildman–Crippen MR) is 78.9 cm³/mol. The summed E-state index contributed by atoms with van der Waals surface area (Å²) in [6.45, 7) is 3.13. The number of anilines is 1. The smallest absolute Gasteiger partial charge is 0.313 e.